The minimum atomic E-state index is 0.126. The van der Waals surface area contributed by atoms with Gasteiger partial charge in [-0.05, 0) is 26.2 Å². The van der Waals surface area contributed by atoms with Crippen LogP contribution in [-0.2, 0) is 4.79 Å². The predicted molar refractivity (Wildman–Crippen MR) is 53.6 cm³/mol. The highest BCUT2D eigenvalue weighted by atomic mass is 16.1. The number of unbranched alkanes of at least 4 members (excludes halogenated alkanes) is 1. The SMILES string of the molecule is CCCCNC(=O)CNC1(C)CC1. The molecule has 13 heavy (non-hydrogen) atoms. The van der Waals surface area contributed by atoms with E-state index in [4.69, 9.17) is 0 Å². The van der Waals surface area contributed by atoms with Crippen LogP contribution in [0.25, 0.3) is 0 Å². The Hall–Kier alpha value is -0.570. The molecule has 0 aromatic heterocycles. The molecule has 1 aliphatic carbocycles. The van der Waals surface area contributed by atoms with E-state index in [1.165, 1.54) is 12.8 Å². The molecule has 0 spiro atoms. The Morgan fingerprint density at radius 2 is 2.15 bits per heavy atom. The molecule has 0 atom stereocenters. The first-order valence-electron chi connectivity index (χ1n) is 5.18. The summed E-state index contributed by atoms with van der Waals surface area (Å²) in [5, 5.41) is 6.13. The summed E-state index contributed by atoms with van der Waals surface area (Å²) in [6, 6.07) is 0. The lowest BCUT2D eigenvalue weighted by molar-refractivity contribution is -0.120. The Morgan fingerprint density at radius 1 is 1.46 bits per heavy atom. The van der Waals surface area contributed by atoms with Gasteiger partial charge in [0, 0.05) is 12.1 Å². The lowest BCUT2D eigenvalue weighted by Crippen LogP contribution is -2.39. The number of carbonyl (C=O) groups excluding carboxylic acids is 1. The highest BCUT2D eigenvalue weighted by molar-refractivity contribution is 5.78. The second-order valence-electron chi connectivity index (χ2n) is 4.12. The molecule has 0 radical (unpaired) electrons. The molecule has 0 unspecified atom stereocenters. The molecule has 1 aliphatic rings. The molecular weight excluding hydrogens is 164 g/mol. The Labute approximate surface area is 80.3 Å². The van der Waals surface area contributed by atoms with Crippen LogP contribution in [0.15, 0.2) is 0 Å². The number of nitrogens with one attached hydrogen (secondary N) is 2. The third-order valence-electron chi connectivity index (χ3n) is 2.53. The van der Waals surface area contributed by atoms with Crippen molar-refractivity contribution in [1.82, 2.24) is 10.6 Å². The Morgan fingerprint density at radius 3 is 2.69 bits per heavy atom. The van der Waals surface area contributed by atoms with E-state index in [0.717, 1.165) is 19.4 Å². The van der Waals surface area contributed by atoms with E-state index in [0.29, 0.717) is 6.54 Å². The van der Waals surface area contributed by atoms with Gasteiger partial charge >= 0.3 is 0 Å². The molecule has 0 aliphatic heterocycles. The van der Waals surface area contributed by atoms with Gasteiger partial charge < -0.3 is 10.6 Å². The van der Waals surface area contributed by atoms with Crippen LogP contribution in [0.2, 0.25) is 0 Å². The number of carbonyl (C=O) groups is 1. The lowest BCUT2D eigenvalue weighted by atomic mass is 10.3. The maximum atomic E-state index is 11.2. The van der Waals surface area contributed by atoms with Crippen molar-refractivity contribution in [2.45, 2.75) is 45.1 Å². The minimum Gasteiger partial charge on any atom is -0.355 e. The predicted octanol–water partition coefficient (Wildman–Crippen LogP) is 1.04. The van der Waals surface area contributed by atoms with Crippen molar-refractivity contribution >= 4 is 5.91 Å². The van der Waals surface area contributed by atoms with Crippen molar-refractivity contribution in [3.63, 3.8) is 0 Å². The summed E-state index contributed by atoms with van der Waals surface area (Å²) in [4.78, 5) is 11.2. The fraction of sp³-hybridized carbons (Fsp3) is 0.900. The maximum absolute atomic E-state index is 11.2. The summed E-state index contributed by atoms with van der Waals surface area (Å²) in [7, 11) is 0. The van der Waals surface area contributed by atoms with E-state index in [-0.39, 0.29) is 11.4 Å². The van der Waals surface area contributed by atoms with Gasteiger partial charge in [-0.1, -0.05) is 13.3 Å². The quantitative estimate of drug-likeness (QED) is 0.606. The third-order valence-corrected chi connectivity index (χ3v) is 2.53. The normalized spacial score (nSPS) is 18.3. The summed E-state index contributed by atoms with van der Waals surface area (Å²) < 4.78 is 0. The summed E-state index contributed by atoms with van der Waals surface area (Å²) in [5.41, 5.74) is 0.266. The molecule has 1 saturated carbocycles. The second kappa shape index (κ2) is 4.61. The molecule has 1 amide bonds. The highest BCUT2D eigenvalue weighted by Crippen LogP contribution is 2.33. The molecule has 2 N–H and O–H groups in total. The first kappa shape index (κ1) is 10.5. The van der Waals surface area contributed by atoms with Crippen LogP contribution in [0.1, 0.15) is 39.5 Å². The molecule has 3 nitrogen and oxygen atoms in total. The van der Waals surface area contributed by atoms with E-state index in [1.54, 1.807) is 0 Å². The summed E-state index contributed by atoms with van der Waals surface area (Å²) in [6.07, 6.45) is 4.61. The van der Waals surface area contributed by atoms with Crippen LogP contribution < -0.4 is 10.6 Å². The van der Waals surface area contributed by atoms with Crippen molar-refractivity contribution in [1.29, 1.82) is 0 Å². The number of hydrogen-bond donors (Lipinski definition) is 2. The molecular formula is C10H20N2O. The molecule has 3 heteroatoms. The van der Waals surface area contributed by atoms with Crippen LogP contribution in [0.3, 0.4) is 0 Å². The number of hydrogen-bond acceptors (Lipinski definition) is 2. The van der Waals surface area contributed by atoms with E-state index >= 15 is 0 Å². The Bertz CT molecular complexity index is 176. The van der Waals surface area contributed by atoms with Gasteiger partial charge in [-0.15, -0.1) is 0 Å². The van der Waals surface area contributed by atoms with E-state index < -0.39 is 0 Å². The van der Waals surface area contributed by atoms with Crippen molar-refractivity contribution in [2.24, 2.45) is 0 Å². The van der Waals surface area contributed by atoms with Gasteiger partial charge in [0.1, 0.15) is 0 Å². The first-order chi connectivity index (χ1) is 6.16. The van der Waals surface area contributed by atoms with Crippen molar-refractivity contribution in [3.8, 4) is 0 Å². The summed E-state index contributed by atoms with van der Waals surface area (Å²) >= 11 is 0. The highest BCUT2D eigenvalue weighted by Gasteiger charge is 2.36. The number of amides is 1. The van der Waals surface area contributed by atoms with E-state index in [9.17, 15) is 4.79 Å². The van der Waals surface area contributed by atoms with Crippen LogP contribution >= 0.6 is 0 Å². The van der Waals surface area contributed by atoms with Crippen LogP contribution in [-0.4, -0.2) is 24.5 Å². The van der Waals surface area contributed by atoms with Crippen molar-refractivity contribution < 1.29 is 4.79 Å². The van der Waals surface area contributed by atoms with Crippen molar-refractivity contribution in [3.05, 3.63) is 0 Å². The van der Waals surface area contributed by atoms with Gasteiger partial charge in [-0.25, -0.2) is 0 Å². The van der Waals surface area contributed by atoms with Crippen LogP contribution in [0, 0.1) is 0 Å². The van der Waals surface area contributed by atoms with Gasteiger partial charge in [0.05, 0.1) is 6.54 Å². The monoisotopic (exact) mass is 184 g/mol. The van der Waals surface area contributed by atoms with Crippen LogP contribution in [0.5, 0.6) is 0 Å². The summed E-state index contributed by atoms with van der Waals surface area (Å²) in [6.45, 7) is 5.57. The standard InChI is InChI=1S/C10H20N2O/c1-3-4-7-11-9(13)8-12-10(2)5-6-10/h12H,3-8H2,1-2H3,(H,11,13). The molecule has 76 valence electrons. The molecule has 1 rings (SSSR count). The number of rotatable bonds is 6. The van der Waals surface area contributed by atoms with Crippen molar-refractivity contribution in [2.75, 3.05) is 13.1 Å². The van der Waals surface area contributed by atoms with Gasteiger partial charge in [0.25, 0.3) is 0 Å². The zero-order valence-electron chi connectivity index (χ0n) is 8.65. The zero-order valence-corrected chi connectivity index (χ0v) is 8.65. The largest absolute Gasteiger partial charge is 0.355 e. The maximum Gasteiger partial charge on any atom is 0.233 e. The van der Waals surface area contributed by atoms with Gasteiger partial charge in [-0.3, -0.25) is 4.79 Å². The van der Waals surface area contributed by atoms with Crippen LogP contribution in [0.4, 0.5) is 0 Å². The average molecular weight is 184 g/mol. The third kappa shape index (κ3) is 4.27. The molecule has 0 heterocycles. The van der Waals surface area contributed by atoms with Gasteiger partial charge in [0.15, 0.2) is 0 Å². The fourth-order valence-corrected chi connectivity index (χ4v) is 1.13. The second-order valence-corrected chi connectivity index (χ2v) is 4.12. The first-order valence-corrected chi connectivity index (χ1v) is 5.18. The van der Waals surface area contributed by atoms with E-state index in [2.05, 4.69) is 24.5 Å². The van der Waals surface area contributed by atoms with Gasteiger partial charge in [-0.2, -0.15) is 0 Å². The minimum absolute atomic E-state index is 0.126. The fourth-order valence-electron chi connectivity index (χ4n) is 1.13. The smallest absolute Gasteiger partial charge is 0.233 e. The summed E-state index contributed by atoms with van der Waals surface area (Å²) in [5.74, 6) is 0.126. The molecule has 0 bridgehead atoms. The Balaban J connectivity index is 1.97. The topological polar surface area (TPSA) is 41.1 Å². The average Bonchev–Trinajstić information content (AvgIpc) is 2.82. The lowest BCUT2D eigenvalue weighted by Gasteiger charge is -2.10. The Kier molecular flexibility index (Phi) is 3.72. The van der Waals surface area contributed by atoms with E-state index in [1.807, 2.05) is 0 Å². The zero-order chi connectivity index (χ0) is 9.73. The molecule has 1 fully saturated rings. The molecule has 0 aromatic carbocycles. The molecule has 0 saturated heterocycles. The van der Waals surface area contributed by atoms with Gasteiger partial charge in [0.2, 0.25) is 5.91 Å². The molecule has 0 aromatic rings.